The molecule has 0 saturated heterocycles. The van der Waals surface area contributed by atoms with Gasteiger partial charge in [0.25, 0.3) is 0 Å². The molecule has 0 atom stereocenters. The molecule has 1 aromatic rings. The molecular weight excluding hydrogens is 268 g/mol. The first-order valence-corrected chi connectivity index (χ1v) is 7.26. The van der Waals surface area contributed by atoms with Crippen molar-refractivity contribution in [2.24, 2.45) is 0 Å². The molecule has 0 unspecified atom stereocenters. The molecule has 0 bridgehead atoms. The van der Waals surface area contributed by atoms with E-state index in [1.807, 2.05) is 0 Å². The van der Waals surface area contributed by atoms with Gasteiger partial charge in [-0.2, -0.15) is 0 Å². The van der Waals surface area contributed by atoms with Crippen molar-refractivity contribution in [2.75, 3.05) is 13.4 Å². The first kappa shape index (κ1) is 15.1. The number of methoxy groups -OCH3 is 1. The molecule has 1 aromatic carbocycles. The maximum atomic E-state index is 11.9. The van der Waals surface area contributed by atoms with E-state index in [4.69, 9.17) is 0 Å². The van der Waals surface area contributed by atoms with E-state index in [0.29, 0.717) is 0 Å². The van der Waals surface area contributed by atoms with Gasteiger partial charge in [0.05, 0.1) is 12.0 Å². The first-order chi connectivity index (χ1) is 8.75. The molecule has 0 N–H and O–H groups in total. The molecule has 0 radical (unpaired) electrons. The molecule has 0 aromatic heterocycles. The Hall–Kier alpha value is -1.95. The lowest BCUT2D eigenvalue weighted by molar-refractivity contribution is -0.134. The maximum absolute atomic E-state index is 11.9. The normalized spacial score (nSPS) is 11.5. The van der Waals surface area contributed by atoms with Crippen LogP contribution in [-0.2, 0) is 19.4 Å². The van der Waals surface area contributed by atoms with E-state index >= 15 is 0 Å². The van der Waals surface area contributed by atoms with Crippen molar-refractivity contribution in [1.29, 1.82) is 0 Å². The fourth-order valence-electron chi connectivity index (χ4n) is 1.46. The summed E-state index contributed by atoms with van der Waals surface area (Å²) in [5, 5.41) is 0. The Balaban J connectivity index is 3.26. The lowest BCUT2D eigenvalue weighted by Crippen LogP contribution is -2.07. The summed E-state index contributed by atoms with van der Waals surface area (Å²) in [4.78, 5) is 22.8. The van der Waals surface area contributed by atoms with Gasteiger partial charge in [-0.15, -0.1) is 0 Å². The largest absolute Gasteiger partial charge is 0.466 e. The minimum absolute atomic E-state index is 0.0441. The predicted molar refractivity (Wildman–Crippen MR) is 69.8 cm³/mol. The van der Waals surface area contributed by atoms with E-state index < -0.39 is 21.6 Å². The number of ether oxygens (including phenoxy) is 1. The molecule has 0 spiro atoms. The average molecular weight is 282 g/mol. The number of aryl methyl sites for hydroxylation is 1. The Labute approximate surface area is 111 Å². The monoisotopic (exact) mass is 282 g/mol. The van der Waals surface area contributed by atoms with Crippen LogP contribution in [0.3, 0.4) is 0 Å². The number of carbonyl (C=O) groups is 2. The number of hydrogen-bond acceptors (Lipinski definition) is 5. The van der Waals surface area contributed by atoms with Gasteiger partial charge in [-0.25, -0.2) is 13.2 Å². The molecule has 0 heterocycles. The molecule has 6 heteroatoms. The third kappa shape index (κ3) is 4.03. The van der Waals surface area contributed by atoms with Crippen molar-refractivity contribution in [3.63, 3.8) is 0 Å². The Morgan fingerprint density at radius 3 is 2.37 bits per heavy atom. The highest BCUT2D eigenvalue weighted by atomic mass is 32.2. The average Bonchev–Trinajstić information content (AvgIpc) is 2.33. The highest BCUT2D eigenvalue weighted by Crippen LogP contribution is 2.18. The summed E-state index contributed by atoms with van der Waals surface area (Å²) in [5.41, 5.74) is 0.796. The highest BCUT2D eigenvalue weighted by molar-refractivity contribution is 7.90. The summed E-state index contributed by atoms with van der Waals surface area (Å²) < 4.78 is 27.6. The van der Waals surface area contributed by atoms with Gasteiger partial charge < -0.3 is 4.74 Å². The van der Waals surface area contributed by atoms with Crippen LogP contribution in [0, 0.1) is 6.92 Å². The lowest BCUT2D eigenvalue weighted by atomic mass is 10.1. The molecule has 0 aliphatic carbocycles. The van der Waals surface area contributed by atoms with E-state index in [-0.39, 0.29) is 10.5 Å². The van der Waals surface area contributed by atoms with Crippen LogP contribution < -0.4 is 0 Å². The molecule has 5 nitrogen and oxygen atoms in total. The second-order valence-electron chi connectivity index (χ2n) is 3.99. The molecule has 0 aliphatic rings. The lowest BCUT2D eigenvalue weighted by Gasteiger charge is -2.06. The molecule has 102 valence electrons. The Kier molecular flexibility index (Phi) is 4.61. The van der Waals surface area contributed by atoms with Crippen molar-refractivity contribution >= 4 is 21.6 Å². The van der Waals surface area contributed by atoms with Crippen LogP contribution in [0.2, 0.25) is 0 Å². The number of allylic oxidation sites excluding steroid dienone is 1. The number of sulfone groups is 1. The Morgan fingerprint density at radius 2 is 1.84 bits per heavy atom. The third-order valence-electron chi connectivity index (χ3n) is 2.37. The van der Waals surface area contributed by atoms with Gasteiger partial charge in [-0.3, -0.25) is 4.79 Å². The van der Waals surface area contributed by atoms with Gasteiger partial charge in [-0.1, -0.05) is 11.6 Å². The van der Waals surface area contributed by atoms with Crippen molar-refractivity contribution < 1.29 is 22.7 Å². The third-order valence-corrected chi connectivity index (χ3v) is 3.53. The SMILES string of the molecule is COC(=O)/C=C/C(=O)c1cc(C)ccc1S(C)(=O)=O. The minimum atomic E-state index is -3.51. The van der Waals surface area contributed by atoms with E-state index in [2.05, 4.69) is 4.74 Å². The summed E-state index contributed by atoms with van der Waals surface area (Å²) in [6.07, 6.45) is 2.98. The van der Waals surface area contributed by atoms with Crippen LogP contribution in [0.5, 0.6) is 0 Å². The number of esters is 1. The Morgan fingerprint density at radius 1 is 1.21 bits per heavy atom. The predicted octanol–water partition coefficient (Wildman–Crippen LogP) is 1.31. The van der Waals surface area contributed by atoms with E-state index in [0.717, 1.165) is 24.0 Å². The standard InChI is InChI=1S/C13H14O5S/c1-9-4-6-12(19(3,16)17)10(8-9)11(14)5-7-13(15)18-2/h4-8H,1-3H3/b7-5+. The van der Waals surface area contributed by atoms with Crippen molar-refractivity contribution in [3.8, 4) is 0 Å². The number of carbonyl (C=O) groups excluding carboxylic acids is 2. The van der Waals surface area contributed by atoms with Crippen LogP contribution in [0.1, 0.15) is 15.9 Å². The van der Waals surface area contributed by atoms with Crippen LogP contribution in [0.25, 0.3) is 0 Å². The molecule has 19 heavy (non-hydrogen) atoms. The second-order valence-corrected chi connectivity index (χ2v) is 5.98. The molecule has 0 saturated carbocycles. The minimum Gasteiger partial charge on any atom is -0.466 e. The zero-order chi connectivity index (χ0) is 14.6. The van der Waals surface area contributed by atoms with E-state index in [1.165, 1.54) is 19.2 Å². The highest BCUT2D eigenvalue weighted by Gasteiger charge is 2.17. The van der Waals surface area contributed by atoms with E-state index in [9.17, 15) is 18.0 Å². The summed E-state index contributed by atoms with van der Waals surface area (Å²) in [7, 11) is -2.32. The fraction of sp³-hybridized carbons (Fsp3) is 0.231. The zero-order valence-electron chi connectivity index (χ0n) is 10.8. The van der Waals surface area contributed by atoms with Crippen LogP contribution in [0.15, 0.2) is 35.2 Å². The van der Waals surface area contributed by atoms with Gasteiger partial charge >= 0.3 is 5.97 Å². The molecule has 0 aliphatic heterocycles. The van der Waals surface area contributed by atoms with Gasteiger partial charge in [-0.05, 0) is 25.1 Å². The quantitative estimate of drug-likeness (QED) is 0.473. The number of benzene rings is 1. The molecule has 1 rings (SSSR count). The van der Waals surface area contributed by atoms with Gasteiger partial charge in [0.1, 0.15) is 0 Å². The van der Waals surface area contributed by atoms with Gasteiger partial charge in [0.2, 0.25) is 0 Å². The summed E-state index contributed by atoms with van der Waals surface area (Å²) in [6, 6.07) is 4.46. The number of ketones is 1. The number of hydrogen-bond donors (Lipinski definition) is 0. The van der Waals surface area contributed by atoms with Crippen molar-refractivity contribution in [1.82, 2.24) is 0 Å². The van der Waals surface area contributed by atoms with Crippen molar-refractivity contribution in [3.05, 3.63) is 41.5 Å². The fourth-order valence-corrected chi connectivity index (χ4v) is 2.34. The van der Waals surface area contributed by atoms with Crippen LogP contribution >= 0.6 is 0 Å². The molecule has 0 fully saturated rings. The number of rotatable bonds is 4. The van der Waals surface area contributed by atoms with Gasteiger partial charge in [0, 0.05) is 17.9 Å². The molecular formula is C13H14O5S. The van der Waals surface area contributed by atoms with E-state index in [1.54, 1.807) is 13.0 Å². The smallest absolute Gasteiger partial charge is 0.330 e. The first-order valence-electron chi connectivity index (χ1n) is 5.37. The topological polar surface area (TPSA) is 77.5 Å². The Bertz CT molecular complexity index is 641. The maximum Gasteiger partial charge on any atom is 0.330 e. The van der Waals surface area contributed by atoms with Crippen LogP contribution in [-0.4, -0.2) is 33.5 Å². The zero-order valence-corrected chi connectivity index (χ0v) is 11.7. The van der Waals surface area contributed by atoms with Gasteiger partial charge in [0.15, 0.2) is 15.6 Å². The van der Waals surface area contributed by atoms with Crippen LogP contribution in [0.4, 0.5) is 0 Å². The van der Waals surface area contributed by atoms with Crippen molar-refractivity contribution in [2.45, 2.75) is 11.8 Å². The second kappa shape index (κ2) is 5.79. The summed E-state index contributed by atoms with van der Waals surface area (Å²) in [6.45, 7) is 1.74. The summed E-state index contributed by atoms with van der Waals surface area (Å²) >= 11 is 0. The molecule has 0 amide bonds. The summed E-state index contributed by atoms with van der Waals surface area (Å²) in [5.74, 6) is -1.24.